The summed E-state index contributed by atoms with van der Waals surface area (Å²) in [6.07, 6.45) is 13.0. The van der Waals surface area contributed by atoms with E-state index < -0.39 is 0 Å². The molecule has 0 bridgehead atoms. The molecule has 0 spiro atoms. The van der Waals surface area contributed by atoms with E-state index in [0.717, 1.165) is 44.3 Å². The van der Waals surface area contributed by atoms with Crippen LogP contribution in [0.5, 0.6) is 0 Å². The van der Waals surface area contributed by atoms with Gasteiger partial charge in [0.1, 0.15) is 0 Å². The fourth-order valence-corrected chi connectivity index (χ4v) is 8.12. The lowest BCUT2D eigenvalue weighted by atomic mass is 9.48. The molecule has 5 nitrogen and oxygen atoms in total. The van der Waals surface area contributed by atoms with E-state index in [9.17, 15) is 14.4 Å². The van der Waals surface area contributed by atoms with Crippen LogP contribution in [-0.2, 0) is 14.4 Å². The zero-order valence-corrected chi connectivity index (χ0v) is 20.2. The van der Waals surface area contributed by atoms with Crippen molar-refractivity contribution in [3.63, 3.8) is 0 Å². The van der Waals surface area contributed by atoms with Gasteiger partial charge in [-0.05, 0) is 93.1 Å². The molecule has 1 heterocycles. The number of ketones is 1. The average molecular weight is 447 g/mol. The topological polar surface area (TPSA) is 75.3 Å². The summed E-state index contributed by atoms with van der Waals surface area (Å²) < 4.78 is 0. The van der Waals surface area contributed by atoms with Crippen molar-refractivity contribution in [2.45, 2.75) is 77.8 Å². The molecule has 2 amide bonds. The maximum Gasteiger partial charge on any atom is 0.243 e. The maximum atomic E-state index is 13.3. The monoisotopic (exact) mass is 446 g/mol. The second-order valence-electron chi connectivity index (χ2n) is 10.8. The number of rotatable bonds is 6. The molecule has 0 radical (unpaired) electrons. The molecular formula is C25H38N2O3S. The molecule has 3 fully saturated rings. The first-order valence-corrected chi connectivity index (χ1v) is 13.4. The second kappa shape index (κ2) is 8.57. The minimum Gasteiger partial charge on any atom is -0.349 e. The van der Waals surface area contributed by atoms with Crippen LogP contribution in [-0.4, -0.2) is 41.7 Å². The molecule has 4 aliphatic rings. The Hall–Kier alpha value is -1.30. The summed E-state index contributed by atoms with van der Waals surface area (Å²) in [5, 5.41) is 6.33. The molecule has 1 unspecified atom stereocenters. The van der Waals surface area contributed by atoms with E-state index in [1.54, 1.807) is 24.8 Å². The number of carbonyl (C=O) groups excluding carboxylic acids is 3. The Morgan fingerprint density at radius 1 is 1.19 bits per heavy atom. The summed E-state index contributed by atoms with van der Waals surface area (Å²) in [7, 11) is 0. The normalized spacial score (nSPS) is 42.1. The maximum absolute atomic E-state index is 13.3. The van der Waals surface area contributed by atoms with Gasteiger partial charge >= 0.3 is 0 Å². The number of carbonyl (C=O) groups is 3. The Balaban J connectivity index is 1.50. The van der Waals surface area contributed by atoms with Gasteiger partial charge < -0.3 is 10.6 Å². The van der Waals surface area contributed by atoms with Crippen molar-refractivity contribution in [3.8, 4) is 0 Å². The van der Waals surface area contributed by atoms with Gasteiger partial charge in [0.05, 0.1) is 6.04 Å². The minimum absolute atomic E-state index is 0.00158. The fraction of sp³-hybridized carbons (Fsp3) is 0.800. The molecule has 1 aliphatic heterocycles. The summed E-state index contributed by atoms with van der Waals surface area (Å²) in [4.78, 5) is 37.3. The highest BCUT2D eigenvalue weighted by molar-refractivity contribution is 7.98. The second-order valence-corrected chi connectivity index (χ2v) is 11.8. The lowest BCUT2D eigenvalue weighted by molar-refractivity contribution is -0.136. The number of Topliss-reactive ketones (excluding diaryl/α,β-unsaturated/α-hetero) is 1. The summed E-state index contributed by atoms with van der Waals surface area (Å²) >= 11 is 1.71. The van der Waals surface area contributed by atoms with Crippen LogP contribution in [0.25, 0.3) is 0 Å². The zero-order chi connectivity index (χ0) is 22.4. The molecule has 8 atom stereocenters. The molecule has 0 aromatic heterocycles. The van der Waals surface area contributed by atoms with Gasteiger partial charge in [0.2, 0.25) is 11.8 Å². The molecule has 31 heavy (non-hydrogen) atoms. The van der Waals surface area contributed by atoms with Crippen molar-refractivity contribution in [2.24, 2.45) is 34.5 Å². The molecule has 0 aromatic rings. The van der Waals surface area contributed by atoms with Gasteiger partial charge in [0.15, 0.2) is 5.78 Å². The first-order valence-electron chi connectivity index (χ1n) is 12.0. The first kappa shape index (κ1) is 22.9. The van der Waals surface area contributed by atoms with Gasteiger partial charge in [-0.2, -0.15) is 11.8 Å². The molecule has 4 rings (SSSR count). The Kier molecular flexibility index (Phi) is 6.32. The number of hydrogen-bond acceptors (Lipinski definition) is 4. The Labute approximate surface area is 190 Å². The average Bonchev–Trinajstić information content (AvgIpc) is 3.08. The number of fused-ring (bicyclic) bond motifs is 5. The van der Waals surface area contributed by atoms with Crippen molar-refractivity contribution in [3.05, 3.63) is 12.2 Å². The van der Waals surface area contributed by atoms with Crippen molar-refractivity contribution < 1.29 is 14.4 Å². The number of amides is 2. The smallest absolute Gasteiger partial charge is 0.243 e. The highest BCUT2D eigenvalue weighted by atomic mass is 32.2. The van der Waals surface area contributed by atoms with Crippen LogP contribution in [0.15, 0.2) is 12.2 Å². The van der Waals surface area contributed by atoms with E-state index in [2.05, 4.69) is 30.6 Å². The number of hydrogen-bond donors (Lipinski definition) is 2. The van der Waals surface area contributed by atoms with E-state index in [1.807, 2.05) is 6.26 Å². The fourth-order valence-electron chi connectivity index (χ4n) is 7.65. The Morgan fingerprint density at radius 2 is 1.97 bits per heavy atom. The van der Waals surface area contributed by atoms with Crippen molar-refractivity contribution in [2.75, 3.05) is 12.0 Å². The van der Waals surface area contributed by atoms with E-state index in [-0.39, 0.29) is 46.4 Å². The molecular weight excluding hydrogens is 408 g/mol. The van der Waals surface area contributed by atoms with Gasteiger partial charge in [0.25, 0.3) is 0 Å². The Morgan fingerprint density at radius 3 is 2.68 bits per heavy atom. The predicted molar refractivity (Wildman–Crippen MR) is 125 cm³/mol. The lowest BCUT2D eigenvalue weighted by Gasteiger charge is -2.58. The molecule has 2 N–H and O–H groups in total. The third-order valence-corrected chi connectivity index (χ3v) is 10.1. The van der Waals surface area contributed by atoms with Crippen LogP contribution in [0.3, 0.4) is 0 Å². The van der Waals surface area contributed by atoms with Gasteiger partial charge in [-0.3, -0.25) is 14.4 Å². The molecule has 3 saturated carbocycles. The number of thioether (sulfide) groups is 1. The van der Waals surface area contributed by atoms with Gasteiger partial charge in [0, 0.05) is 17.4 Å². The molecule has 0 aromatic carbocycles. The van der Waals surface area contributed by atoms with E-state index in [1.165, 1.54) is 0 Å². The highest BCUT2D eigenvalue weighted by Crippen LogP contribution is 2.65. The quantitative estimate of drug-likeness (QED) is 0.652. The highest BCUT2D eigenvalue weighted by Gasteiger charge is 2.60. The molecule has 6 heteroatoms. The zero-order valence-electron chi connectivity index (χ0n) is 19.4. The van der Waals surface area contributed by atoms with Gasteiger partial charge in [-0.15, -0.1) is 0 Å². The summed E-state index contributed by atoms with van der Waals surface area (Å²) in [6, 6.07) is -0.117. The molecule has 0 saturated heterocycles. The minimum atomic E-state index is -0.357. The van der Waals surface area contributed by atoms with Crippen molar-refractivity contribution in [1.29, 1.82) is 0 Å². The SMILES string of the molecule is CSCCC(NC(=O)[C@H]1CC[C@H]2[C@@H]3CC[C@H]4NC(=O)C=C[C@]4(C)[C@H]3CC[C@]12C)C(C)=O. The standard InChI is InChI=1S/C25H38N2O3S/c1-15(28)20(11-14-31-4)26-23(30)19-7-6-17-16-5-8-21-25(3,13-10-22(29)27-21)18(16)9-12-24(17,19)2/h10,13,16-21H,5-9,11-12,14H2,1-4H3,(H,26,30)(H,27,29)/t16-,17-,18-,19+,20?,21+,24-,25+/m0/s1. The molecule has 172 valence electrons. The van der Waals surface area contributed by atoms with Crippen LogP contribution in [0.1, 0.15) is 65.7 Å². The van der Waals surface area contributed by atoms with Gasteiger partial charge in [-0.25, -0.2) is 0 Å². The largest absolute Gasteiger partial charge is 0.349 e. The van der Waals surface area contributed by atoms with E-state index >= 15 is 0 Å². The van der Waals surface area contributed by atoms with Crippen molar-refractivity contribution in [1.82, 2.24) is 10.6 Å². The number of nitrogens with one attached hydrogen (secondary N) is 2. The van der Waals surface area contributed by atoms with E-state index in [0.29, 0.717) is 24.2 Å². The van der Waals surface area contributed by atoms with Crippen LogP contribution in [0.2, 0.25) is 0 Å². The lowest BCUT2D eigenvalue weighted by Crippen LogP contribution is -2.59. The van der Waals surface area contributed by atoms with Crippen LogP contribution in [0.4, 0.5) is 0 Å². The summed E-state index contributed by atoms with van der Waals surface area (Å²) in [5.74, 6) is 2.79. The van der Waals surface area contributed by atoms with Crippen LogP contribution >= 0.6 is 11.8 Å². The first-order chi connectivity index (χ1) is 14.7. The predicted octanol–water partition coefficient (Wildman–Crippen LogP) is 3.73. The third-order valence-electron chi connectivity index (χ3n) is 9.42. The third kappa shape index (κ3) is 3.87. The molecule has 3 aliphatic carbocycles. The van der Waals surface area contributed by atoms with Gasteiger partial charge in [-0.1, -0.05) is 19.9 Å². The van der Waals surface area contributed by atoms with Crippen LogP contribution < -0.4 is 10.6 Å². The van der Waals surface area contributed by atoms with Crippen LogP contribution in [0, 0.1) is 34.5 Å². The Bertz CT molecular complexity index is 783. The van der Waals surface area contributed by atoms with E-state index in [4.69, 9.17) is 0 Å². The summed E-state index contributed by atoms with van der Waals surface area (Å²) in [6.45, 7) is 6.25. The summed E-state index contributed by atoms with van der Waals surface area (Å²) in [5.41, 5.74) is 0.0347. The van der Waals surface area contributed by atoms with Crippen molar-refractivity contribution >= 4 is 29.4 Å².